The van der Waals surface area contributed by atoms with Crippen LogP contribution in [0, 0.1) is 12.3 Å². The summed E-state index contributed by atoms with van der Waals surface area (Å²) in [7, 11) is 0. The van der Waals surface area contributed by atoms with Crippen LogP contribution in [0.3, 0.4) is 0 Å². The lowest BCUT2D eigenvalue weighted by Gasteiger charge is -2.23. The summed E-state index contributed by atoms with van der Waals surface area (Å²) in [6.45, 7) is 3.59. The summed E-state index contributed by atoms with van der Waals surface area (Å²) in [5.74, 6) is 4.19. The Kier molecular flexibility index (Phi) is 4.08. The molecule has 1 aliphatic heterocycles. The van der Waals surface area contributed by atoms with Crippen LogP contribution in [0.25, 0.3) is 0 Å². The van der Waals surface area contributed by atoms with Crippen molar-refractivity contribution in [3.8, 4) is 23.8 Å². The highest BCUT2D eigenvalue weighted by Gasteiger charge is 2.16. The first kappa shape index (κ1) is 12.7. The third kappa shape index (κ3) is 2.76. The summed E-state index contributed by atoms with van der Waals surface area (Å²) in [6.07, 6.45) is 5.37. The lowest BCUT2D eigenvalue weighted by atomic mass is 10.1. The van der Waals surface area contributed by atoms with Crippen LogP contribution in [0.15, 0.2) is 18.2 Å². The highest BCUT2D eigenvalue weighted by molar-refractivity contribution is 5.44. The number of terminal acetylenes is 1. The molecule has 4 nitrogen and oxygen atoms in total. The molecule has 2 unspecified atom stereocenters. The van der Waals surface area contributed by atoms with Crippen LogP contribution in [0.5, 0.6) is 11.5 Å². The van der Waals surface area contributed by atoms with Crippen molar-refractivity contribution in [2.75, 3.05) is 19.8 Å². The van der Waals surface area contributed by atoms with E-state index in [1.807, 2.05) is 25.1 Å². The van der Waals surface area contributed by atoms with Gasteiger partial charge in [0.1, 0.15) is 13.2 Å². The molecule has 1 aliphatic rings. The molecule has 18 heavy (non-hydrogen) atoms. The molecule has 0 bridgehead atoms. The maximum atomic E-state index is 5.78. The summed E-state index contributed by atoms with van der Waals surface area (Å²) < 4.78 is 11.0. The quantitative estimate of drug-likeness (QED) is 0.780. The molecule has 3 N–H and O–H groups in total. The van der Waals surface area contributed by atoms with Gasteiger partial charge in [-0.2, -0.15) is 0 Å². The van der Waals surface area contributed by atoms with Crippen molar-refractivity contribution in [2.45, 2.75) is 19.0 Å². The molecular weight excluding hydrogens is 228 g/mol. The van der Waals surface area contributed by atoms with Crippen LogP contribution in [-0.4, -0.2) is 25.8 Å². The highest BCUT2D eigenvalue weighted by atomic mass is 16.6. The van der Waals surface area contributed by atoms with Crippen molar-refractivity contribution in [1.82, 2.24) is 5.32 Å². The molecule has 2 atom stereocenters. The van der Waals surface area contributed by atoms with Gasteiger partial charge >= 0.3 is 0 Å². The molecule has 1 heterocycles. The monoisotopic (exact) mass is 246 g/mol. The van der Waals surface area contributed by atoms with Crippen LogP contribution in [0.4, 0.5) is 0 Å². The SMILES string of the molecule is C#CC(C)NC(CN)c1ccc2c(c1)OCCO2. The normalized spacial score (nSPS) is 16.7. The van der Waals surface area contributed by atoms with Crippen molar-refractivity contribution in [1.29, 1.82) is 0 Å². The number of benzene rings is 1. The van der Waals surface area contributed by atoms with Gasteiger partial charge in [0.25, 0.3) is 0 Å². The minimum absolute atomic E-state index is 0.0203. The second kappa shape index (κ2) is 5.76. The first-order valence-corrected chi connectivity index (χ1v) is 6.06. The van der Waals surface area contributed by atoms with Crippen LogP contribution in [0.2, 0.25) is 0 Å². The van der Waals surface area contributed by atoms with E-state index in [1.54, 1.807) is 0 Å². The standard InChI is InChI=1S/C14H18N2O2/c1-3-10(2)16-12(9-15)11-4-5-13-14(8-11)18-7-6-17-13/h1,4-5,8,10,12,16H,6-7,9,15H2,2H3. The molecule has 0 amide bonds. The topological polar surface area (TPSA) is 56.5 Å². The lowest BCUT2D eigenvalue weighted by molar-refractivity contribution is 0.171. The van der Waals surface area contributed by atoms with Crippen molar-refractivity contribution >= 4 is 0 Å². The van der Waals surface area contributed by atoms with Crippen LogP contribution >= 0.6 is 0 Å². The van der Waals surface area contributed by atoms with Crippen molar-refractivity contribution in [3.63, 3.8) is 0 Å². The molecule has 0 fully saturated rings. The number of hydrogen-bond donors (Lipinski definition) is 2. The van der Waals surface area contributed by atoms with Gasteiger partial charge in [-0.15, -0.1) is 6.42 Å². The molecule has 0 aromatic heterocycles. The zero-order valence-electron chi connectivity index (χ0n) is 10.5. The maximum Gasteiger partial charge on any atom is 0.161 e. The van der Waals surface area contributed by atoms with Gasteiger partial charge in [0.15, 0.2) is 11.5 Å². The molecule has 4 heteroatoms. The number of nitrogens with two attached hydrogens (primary N) is 1. The van der Waals surface area contributed by atoms with E-state index in [1.165, 1.54) is 0 Å². The van der Waals surface area contributed by atoms with E-state index in [-0.39, 0.29) is 12.1 Å². The Hall–Kier alpha value is -1.70. The Labute approximate surface area is 107 Å². The third-order valence-electron chi connectivity index (χ3n) is 2.91. The van der Waals surface area contributed by atoms with E-state index in [2.05, 4.69) is 11.2 Å². The van der Waals surface area contributed by atoms with Crippen molar-refractivity contribution in [2.24, 2.45) is 5.73 Å². The maximum absolute atomic E-state index is 5.78. The number of hydrogen-bond acceptors (Lipinski definition) is 4. The van der Waals surface area contributed by atoms with Gasteiger partial charge in [-0.05, 0) is 24.6 Å². The molecule has 96 valence electrons. The Bertz CT molecular complexity index is 454. The molecule has 0 aliphatic carbocycles. The van der Waals surface area contributed by atoms with Gasteiger partial charge in [0.05, 0.1) is 6.04 Å². The summed E-state index contributed by atoms with van der Waals surface area (Å²) in [5, 5.41) is 3.28. The van der Waals surface area contributed by atoms with Gasteiger partial charge in [0, 0.05) is 12.6 Å². The van der Waals surface area contributed by atoms with E-state index >= 15 is 0 Å². The third-order valence-corrected chi connectivity index (χ3v) is 2.91. The van der Waals surface area contributed by atoms with Crippen LogP contribution in [0.1, 0.15) is 18.5 Å². The summed E-state index contributed by atoms with van der Waals surface area (Å²) in [5.41, 5.74) is 6.84. The minimum atomic E-state index is -0.0215. The van der Waals surface area contributed by atoms with E-state index in [0.717, 1.165) is 17.1 Å². The van der Waals surface area contributed by atoms with E-state index in [4.69, 9.17) is 21.6 Å². The number of nitrogens with one attached hydrogen (secondary N) is 1. The fourth-order valence-electron chi connectivity index (χ4n) is 1.93. The van der Waals surface area contributed by atoms with Gasteiger partial charge < -0.3 is 15.2 Å². The van der Waals surface area contributed by atoms with Gasteiger partial charge in [-0.3, -0.25) is 5.32 Å². The van der Waals surface area contributed by atoms with Crippen molar-refractivity contribution in [3.05, 3.63) is 23.8 Å². The number of fused-ring (bicyclic) bond motifs is 1. The molecule has 2 rings (SSSR count). The van der Waals surface area contributed by atoms with E-state index in [9.17, 15) is 0 Å². The Balaban J connectivity index is 2.18. The predicted molar refractivity (Wildman–Crippen MR) is 70.7 cm³/mol. The average molecular weight is 246 g/mol. The first-order valence-electron chi connectivity index (χ1n) is 6.06. The minimum Gasteiger partial charge on any atom is -0.486 e. The molecule has 0 saturated carbocycles. The fraction of sp³-hybridized carbons (Fsp3) is 0.429. The Morgan fingerprint density at radius 3 is 2.78 bits per heavy atom. The second-order valence-corrected chi connectivity index (χ2v) is 4.25. The van der Waals surface area contributed by atoms with Gasteiger partial charge in [-0.1, -0.05) is 12.0 Å². The number of ether oxygens (including phenoxy) is 2. The molecule has 0 saturated heterocycles. The molecule has 0 radical (unpaired) electrons. The summed E-state index contributed by atoms with van der Waals surface area (Å²) in [4.78, 5) is 0. The smallest absolute Gasteiger partial charge is 0.161 e. The van der Waals surface area contributed by atoms with Gasteiger partial charge in [-0.25, -0.2) is 0 Å². The lowest BCUT2D eigenvalue weighted by Crippen LogP contribution is -2.34. The Morgan fingerprint density at radius 1 is 1.39 bits per heavy atom. The molecule has 1 aromatic rings. The zero-order chi connectivity index (χ0) is 13.0. The molecule has 0 spiro atoms. The molecular formula is C14H18N2O2. The summed E-state index contributed by atoms with van der Waals surface area (Å²) in [6, 6.07) is 5.86. The molecule has 1 aromatic carbocycles. The Morgan fingerprint density at radius 2 is 2.11 bits per heavy atom. The van der Waals surface area contributed by atoms with E-state index in [0.29, 0.717) is 19.8 Å². The fourth-order valence-corrected chi connectivity index (χ4v) is 1.93. The second-order valence-electron chi connectivity index (χ2n) is 4.25. The zero-order valence-corrected chi connectivity index (χ0v) is 10.5. The van der Waals surface area contributed by atoms with Crippen LogP contribution in [-0.2, 0) is 0 Å². The first-order chi connectivity index (χ1) is 8.74. The average Bonchev–Trinajstić information content (AvgIpc) is 2.44. The largest absolute Gasteiger partial charge is 0.486 e. The number of rotatable bonds is 4. The van der Waals surface area contributed by atoms with Crippen LogP contribution < -0.4 is 20.5 Å². The predicted octanol–water partition coefficient (Wildman–Crippen LogP) is 1.07. The van der Waals surface area contributed by atoms with Crippen molar-refractivity contribution < 1.29 is 9.47 Å². The van der Waals surface area contributed by atoms with Gasteiger partial charge in [0.2, 0.25) is 0 Å². The van der Waals surface area contributed by atoms with E-state index < -0.39 is 0 Å². The summed E-state index contributed by atoms with van der Waals surface area (Å²) >= 11 is 0. The highest BCUT2D eigenvalue weighted by Crippen LogP contribution is 2.32.